The molecule has 3 aromatic heterocycles. The summed E-state index contributed by atoms with van der Waals surface area (Å²) in [5.41, 5.74) is 3.14. The van der Waals surface area contributed by atoms with Crippen LogP contribution in [0.15, 0.2) is 0 Å². The second-order valence-corrected chi connectivity index (χ2v) is 7.70. The Morgan fingerprint density at radius 1 is 1.14 bits per heavy atom. The Kier molecular flexibility index (Phi) is 3.49. The fraction of sp³-hybridized carbons (Fsp3) is 0.500. The molecular weight excluding hydrogens is 302 g/mol. The topological polar surface area (TPSA) is 46.8 Å². The number of hydrogen-bond donors (Lipinski definition) is 0. The number of aryl methyl sites for hydroxylation is 4. The highest BCUT2D eigenvalue weighted by Crippen LogP contribution is 2.35. The molecule has 0 amide bonds. The first kappa shape index (κ1) is 14.5. The SMILES string of the molecule is Cc1nc([C@H](C)N(C)c2nc3c(s2)c(C)nn3C)c(C)s1. The highest BCUT2D eigenvalue weighted by atomic mass is 32.1. The Morgan fingerprint density at radius 2 is 1.86 bits per heavy atom. The van der Waals surface area contributed by atoms with Crippen molar-refractivity contribution in [3.63, 3.8) is 0 Å². The van der Waals surface area contributed by atoms with E-state index in [0.717, 1.165) is 31.9 Å². The molecule has 0 aromatic carbocycles. The minimum absolute atomic E-state index is 0.212. The fourth-order valence-corrected chi connectivity index (χ4v) is 4.49. The van der Waals surface area contributed by atoms with Crippen LogP contribution in [0.3, 0.4) is 0 Å². The standard InChI is InChI=1S/C14H19N5S2/c1-7-12-13(19(6)17-7)16-14(21-12)18(5)8(2)11-9(3)20-10(4)15-11/h8H,1-6H3/t8-/m0/s1. The molecule has 5 nitrogen and oxygen atoms in total. The molecule has 0 saturated carbocycles. The van der Waals surface area contributed by atoms with Crippen LogP contribution in [0.5, 0.6) is 0 Å². The number of anilines is 1. The first-order valence-electron chi connectivity index (χ1n) is 6.85. The molecule has 0 fully saturated rings. The van der Waals surface area contributed by atoms with Crippen molar-refractivity contribution in [2.75, 3.05) is 11.9 Å². The van der Waals surface area contributed by atoms with Crippen LogP contribution in [-0.4, -0.2) is 26.8 Å². The predicted octanol–water partition coefficient (Wildman–Crippen LogP) is 3.61. The van der Waals surface area contributed by atoms with Gasteiger partial charge in [0.15, 0.2) is 10.8 Å². The number of thiazole rings is 2. The summed E-state index contributed by atoms with van der Waals surface area (Å²) in [5, 5.41) is 6.54. The predicted molar refractivity (Wildman–Crippen MR) is 89.5 cm³/mol. The Balaban J connectivity index is 1.97. The zero-order valence-electron chi connectivity index (χ0n) is 13.1. The van der Waals surface area contributed by atoms with E-state index in [9.17, 15) is 0 Å². The van der Waals surface area contributed by atoms with Gasteiger partial charge in [-0.05, 0) is 27.7 Å². The summed E-state index contributed by atoms with van der Waals surface area (Å²) in [7, 11) is 4.02. The van der Waals surface area contributed by atoms with E-state index in [1.54, 1.807) is 22.7 Å². The normalized spacial score (nSPS) is 13.0. The average molecular weight is 321 g/mol. The highest BCUT2D eigenvalue weighted by molar-refractivity contribution is 7.22. The van der Waals surface area contributed by atoms with Gasteiger partial charge in [0.1, 0.15) is 0 Å². The van der Waals surface area contributed by atoms with Crippen LogP contribution >= 0.6 is 22.7 Å². The maximum atomic E-state index is 4.74. The molecule has 0 N–H and O–H groups in total. The monoisotopic (exact) mass is 321 g/mol. The third-order valence-electron chi connectivity index (χ3n) is 3.75. The molecule has 3 heterocycles. The van der Waals surface area contributed by atoms with Crippen LogP contribution in [0.2, 0.25) is 0 Å². The molecule has 0 spiro atoms. The van der Waals surface area contributed by atoms with Crippen LogP contribution < -0.4 is 4.90 Å². The first-order valence-corrected chi connectivity index (χ1v) is 8.48. The van der Waals surface area contributed by atoms with Gasteiger partial charge in [-0.1, -0.05) is 11.3 Å². The summed E-state index contributed by atoms with van der Waals surface area (Å²) in [6.07, 6.45) is 0. The minimum Gasteiger partial charge on any atom is -0.343 e. The fourth-order valence-electron chi connectivity index (χ4n) is 2.51. The van der Waals surface area contributed by atoms with Crippen molar-refractivity contribution >= 4 is 38.2 Å². The van der Waals surface area contributed by atoms with Crippen molar-refractivity contribution < 1.29 is 0 Å². The van der Waals surface area contributed by atoms with Gasteiger partial charge in [-0.2, -0.15) is 5.10 Å². The lowest BCUT2D eigenvalue weighted by atomic mass is 10.2. The summed E-state index contributed by atoms with van der Waals surface area (Å²) < 4.78 is 3.01. The highest BCUT2D eigenvalue weighted by Gasteiger charge is 2.22. The molecule has 0 aliphatic heterocycles. The van der Waals surface area contributed by atoms with Gasteiger partial charge in [0, 0.05) is 19.0 Å². The van der Waals surface area contributed by atoms with Crippen molar-refractivity contribution in [1.82, 2.24) is 19.7 Å². The van der Waals surface area contributed by atoms with Crippen molar-refractivity contribution in [2.45, 2.75) is 33.7 Å². The van der Waals surface area contributed by atoms with E-state index in [2.05, 4.69) is 42.8 Å². The van der Waals surface area contributed by atoms with Crippen LogP contribution in [0.4, 0.5) is 5.13 Å². The molecule has 112 valence electrons. The van der Waals surface area contributed by atoms with E-state index in [-0.39, 0.29) is 6.04 Å². The average Bonchev–Trinajstić information content (AvgIpc) is 3.06. The van der Waals surface area contributed by atoms with Gasteiger partial charge in [-0.3, -0.25) is 0 Å². The van der Waals surface area contributed by atoms with E-state index in [1.165, 1.54) is 4.88 Å². The maximum absolute atomic E-state index is 4.74. The second-order valence-electron chi connectivity index (χ2n) is 5.32. The lowest BCUT2D eigenvalue weighted by Crippen LogP contribution is -2.22. The Morgan fingerprint density at radius 3 is 2.43 bits per heavy atom. The summed E-state index contributed by atoms with van der Waals surface area (Å²) in [5.74, 6) is 0. The molecule has 0 aliphatic carbocycles. The summed E-state index contributed by atoms with van der Waals surface area (Å²) in [4.78, 5) is 12.9. The lowest BCUT2D eigenvalue weighted by molar-refractivity contribution is 0.709. The zero-order chi connectivity index (χ0) is 15.3. The van der Waals surface area contributed by atoms with Gasteiger partial charge in [0.05, 0.1) is 27.1 Å². The Hall–Kier alpha value is -1.47. The minimum atomic E-state index is 0.212. The molecule has 0 aliphatic rings. The number of hydrogen-bond acceptors (Lipinski definition) is 6. The Bertz CT molecular complexity index is 763. The number of aromatic nitrogens is 4. The second kappa shape index (κ2) is 5.06. The van der Waals surface area contributed by atoms with Crippen LogP contribution in [0, 0.1) is 20.8 Å². The van der Waals surface area contributed by atoms with E-state index < -0.39 is 0 Å². The third kappa shape index (κ3) is 2.34. The van der Waals surface area contributed by atoms with Gasteiger partial charge in [0.2, 0.25) is 0 Å². The van der Waals surface area contributed by atoms with Gasteiger partial charge in [-0.15, -0.1) is 11.3 Å². The van der Waals surface area contributed by atoms with Gasteiger partial charge < -0.3 is 4.90 Å². The van der Waals surface area contributed by atoms with Gasteiger partial charge >= 0.3 is 0 Å². The summed E-state index contributed by atoms with van der Waals surface area (Å²) >= 11 is 3.45. The quantitative estimate of drug-likeness (QED) is 0.739. The molecule has 0 bridgehead atoms. The van der Waals surface area contributed by atoms with Crippen LogP contribution in [-0.2, 0) is 7.05 Å². The third-order valence-corrected chi connectivity index (χ3v) is 5.90. The maximum Gasteiger partial charge on any atom is 0.188 e. The Labute approximate surface area is 132 Å². The zero-order valence-corrected chi connectivity index (χ0v) is 14.8. The van der Waals surface area contributed by atoms with Gasteiger partial charge in [-0.25, -0.2) is 14.6 Å². The van der Waals surface area contributed by atoms with Gasteiger partial charge in [0.25, 0.3) is 0 Å². The van der Waals surface area contributed by atoms with E-state index in [0.29, 0.717) is 0 Å². The van der Waals surface area contributed by atoms with Crippen molar-refractivity contribution in [2.24, 2.45) is 7.05 Å². The molecule has 0 unspecified atom stereocenters. The van der Waals surface area contributed by atoms with E-state index in [4.69, 9.17) is 4.98 Å². The number of fused-ring (bicyclic) bond motifs is 1. The molecule has 0 saturated heterocycles. The molecule has 7 heteroatoms. The molecule has 3 rings (SSSR count). The molecule has 21 heavy (non-hydrogen) atoms. The molecular formula is C14H19N5S2. The summed E-state index contributed by atoms with van der Waals surface area (Å²) in [6.45, 7) is 8.40. The number of rotatable bonds is 3. The smallest absolute Gasteiger partial charge is 0.188 e. The largest absolute Gasteiger partial charge is 0.343 e. The van der Waals surface area contributed by atoms with E-state index in [1.807, 2.05) is 18.7 Å². The van der Waals surface area contributed by atoms with Crippen molar-refractivity contribution in [1.29, 1.82) is 0 Å². The lowest BCUT2D eigenvalue weighted by Gasteiger charge is -2.23. The first-order chi connectivity index (χ1) is 9.88. The molecule has 1 atom stereocenters. The summed E-state index contributed by atoms with van der Waals surface area (Å²) in [6, 6.07) is 0.212. The van der Waals surface area contributed by atoms with Crippen molar-refractivity contribution in [3.8, 4) is 0 Å². The molecule has 0 radical (unpaired) electrons. The van der Waals surface area contributed by atoms with Crippen molar-refractivity contribution in [3.05, 3.63) is 21.3 Å². The van der Waals surface area contributed by atoms with Crippen LogP contribution in [0.25, 0.3) is 10.3 Å². The van der Waals surface area contributed by atoms with Crippen LogP contribution in [0.1, 0.15) is 34.2 Å². The number of nitrogens with zero attached hydrogens (tertiary/aromatic N) is 5. The molecule has 3 aromatic rings. The van der Waals surface area contributed by atoms with E-state index >= 15 is 0 Å².